The number of phenols is 2. The maximum atomic E-state index is 9.65. The van der Waals surface area contributed by atoms with Crippen LogP contribution >= 0.6 is 0 Å². The molecule has 0 saturated carbocycles. The molecule has 0 bridgehead atoms. The highest BCUT2D eigenvalue weighted by Crippen LogP contribution is 2.27. The summed E-state index contributed by atoms with van der Waals surface area (Å²) >= 11 is 0. The van der Waals surface area contributed by atoms with Gasteiger partial charge in [-0.25, -0.2) is 0 Å². The molecule has 0 fully saturated rings. The lowest BCUT2D eigenvalue weighted by Crippen LogP contribution is -2.62. The Labute approximate surface area is 230 Å². The largest absolute Gasteiger partial charge is 0.508 e. The Balaban J connectivity index is 2.07. The highest BCUT2D eigenvalue weighted by molar-refractivity contribution is 6.95. The zero-order valence-electron chi connectivity index (χ0n) is 24.6. The van der Waals surface area contributed by atoms with Gasteiger partial charge in [-0.2, -0.15) is 0 Å². The van der Waals surface area contributed by atoms with Crippen molar-refractivity contribution in [1.82, 2.24) is 0 Å². The second-order valence-corrected chi connectivity index (χ2v) is 34.7. The Kier molecular flexibility index (Phi) is 9.90. The third kappa shape index (κ3) is 10.3. The summed E-state index contributed by atoms with van der Waals surface area (Å²) in [4.78, 5) is 0. The van der Waals surface area contributed by atoms with E-state index in [1.165, 1.54) is 0 Å². The topological polar surface area (TPSA) is 86.6 Å². The second kappa shape index (κ2) is 11.3. The summed E-state index contributed by atoms with van der Waals surface area (Å²) in [7, 11) is -14.8. The molecule has 0 unspecified atom stereocenters. The molecular formula is C24H46O7Si6. The van der Waals surface area contributed by atoms with Crippen molar-refractivity contribution in [2.75, 3.05) is 0 Å². The third-order valence-corrected chi connectivity index (χ3v) is 28.9. The number of rotatable bonds is 12. The molecule has 0 radical (unpaired) electrons. The van der Waals surface area contributed by atoms with E-state index in [-0.39, 0.29) is 11.5 Å². The van der Waals surface area contributed by atoms with Crippen LogP contribution in [0.1, 0.15) is 0 Å². The summed E-state index contributed by atoms with van der Waals surface area (Å²) in [6, 6.07) is 14.6. The molecule has 2 aromatic carbocycles. The summed E-state index contributed by atoms with van der Waals surface area (Å²) in [6.45, 7) is 25.1. The van der Waals surface area contributed by atoms with E-state index in [0.29, 0.717) is 0 Å². The highest BCUT2D eigenvalue weighted by Gasteiger charge is 2.47. The molecule has 0 aliphatic carbocycles. The van der Waals surface area contributed by atoms with Crippen molar-refractivity contribution in [2.45, 2.75) is 78.6 Å². The fraction of sp³-hybridized carbons (Fsp3) is 0.500. The zero-order valence-corrected chi connectivity index (χ0v) is 30.6. The van der Waals surface area contributed by atoms with Crippen LogP contribution in [-0.2, 0) is 20.6 Å². The molecular weight excluding hydrogens is 569 g/mol. The van der Waals surface area contributed by atoms with E-state index in [0.717, 1.165) is 10.4 Å². The summed E-state index contributed by atoms with van der Waals surface area (Å²) in [5.74, 6) is 0.500. The first-order chi connectivity index (χ1) is 16.5. The molecule has 0 spiro atoms. The number of phenolic OH excluding ortho intramolecular Hbond substituents is 2. The van der Waals surface area contributed by atoms with Crippen molar-refractivity contribution in [2.24, 2.45) is 0 Å². The van der Waals surface area contributed by atoms with Crippen molar-refractivity contribution in [3.63, 3.8) is 0 Å². The first-order valence-electron chi connectivity index (χ1n) is 12.6. The minimum atomic E-state index is -2.61. The van der Waals surface area contributed by atoms with Crippen molar-refractivity contribution in [3.05, 3.63) is 48.5 Å². The maximum Gasteiger partial charge on any atom is 0.314 e. The monoisotopic (exact) mass is 614 g/mol. The van der Waals surface area contributed by atoms with Crippen LogP contribution in [0.5, 0.6) is 11.5 Å². The van der Waals surface area contributed by atoms with Gasteiger partial charge < -0.3 is 30.8 Å². The lowest BCUT2D eigenvalue weighted by Gasteiger charge is -2.43. The van der Waals surface area contributed by atoms with Gasteiger partial charge in [-0.1, -0.05) is 24.3 Å². The second-order valence-electron chi connectivity index (χ2n) is 12.2. The lowest BCUT2D eigenvalue weighted by molar-refractivity contribution is 0.283. The predicted molar refractivity (Wildman–Crippen MR) is 166 cm³/mol. The molecule has 2 aromatic rings. The van der Waals surface area contributed by atoms with Gasteiger partial charge in [0.05, 0.1) is 0 Å². The highest BCUT2D eigenvalue weighted by atomic mass is 28.5. The van der Waals surface area contributed by atoms with E-state index in [1.807, 2.05) is 24.3 Å². The number of aromatic hydroxyl groups is 2. The van der Waals surface area contributed by atoms with Crippen LogP contribution in [0, 0.1) is 0 Å². The molecule has 208 valence electrons. The summed E-state index contributed by atoms with van der Waals surface area (Å²) in [5, 5.41) is 21.5. The van der Waals surface area contributed by atoms with Crippen LogP contribution in [0.15, 0.2) is 48.5 Å². The summed E-state index contributed by atoms with van der Waals surface area (Å²) in [5.41, 5.74) is 0. The Bertz CT molecular complexity index is 955. The lowest BCUT2D eigenvalue weighted by atomic mass is 10.3. The quantitative estimate of drug-likeness (QED) is 0.305. The van der Waals surface area contributed by atoms with Crippen molar-refractivity contribution < 1.29 is 30.8 Å². The standard InChI is InChI=1S/C24H46O7Si6/c1-32(2,23-17-13-21(25)14-18-23)27-34(5,6)29-36(9,10)31-37(11,12)30-35(7,8)28-33(3,4)24-19-15-22(26)16-20-24/h13-20,25-26H,1-12H3. The van der Waals surface area contributed by atoms with Crippen LogP contribution in [0.2, 0.25) is 78.6 Å². The Morgan fingerprint density at radius 2 is 0.595 bits per heavy atom. The van der Waals surface area contributed by atoms with Crippen LogP contribution in [0.4, 0.5) is 0 Å². The predicted octanol–water partition coefficient (Wildman–Crippen LogP) is 5.51. The smallest absolute Gasteiger partial charge is 0.314 e. The van der Waals surface area contributed by atoms with E-state index in [9.17, 15) is 10.2 Å². The molecule has 0 atom stereocenters. The first kappa shape index (κ1) is 32.4. The van der Waals surface area contributed by atoms with Gasteiger partial charge in [-0.05, 0) is 113 Å². The first-order valence-corrected chi connectivity index (χ1v) is 29.7. The minimum absolute atomic E-state index is 0.250. The van der Waals surface area contributed by atoms with Gasteiger partial charge in [0.15, 0.2) is 0 Å². The zero-order chi connectivity index (χ0) is 28.5. The number of hydrogen-bond donors (Lipinski definition) is 2. The fourth-order valence-electron chi connectivity index (χ4n) is 4.93. The van der Waals surface area contributed by atoms with Gasteiger partial charge in [-0.15, -0.1) is 0 Å². The van der Waals surface area contributed by atoms with Crippen LogP contribution < -0.4 is 10.4 Å². The molecule has 2 rings (SSSR count). The molecule has 0 saturated heterocycles. The van der Waals surface area contributed by atoms with Gasteiger partial charge >= 0.3 is 34.2 Å². The van der Waals surface area contributed by atoms with Crippen LogP contribution in [0.25, 0.3) is 0 Å². The normalized spacial score (nSPS) is 14.2. The molecule has 37 heavy (non-hydrogen) atoms. The van der Waals surface area contributed by atoms with E-state index in [2.05, 4.69) is 78.6 Å². The van der Waals surface area contributed by atoms with Gasteiger partial charge in [0.1, 0.15) is 11.5 Å². The van der Waals surface area contributed by atoms with E-state index >= 15 is 0 Å². The van der Waals surface area contributed by atoms with Gasteiger partial charge in [-0.3, -0.25) is 0 Å². The summed E-state index contributed by atoms with van der Waals surface area (Å²) in [6.07, 6.45) is 0. The molecule has 0 heterocycles. The summed E-state index contributed by atoms with van der Waals surface area (Å²) < 4.78 is 33.4. The van der Waals surface area contributed by atoms with Crippen LogP contribution in [-0.4, -0.2) is 61.1 Å². The average molecular weight is 615 g/mol. The van der Waals surface area contributed by atoms with E-state index in [1.54, 1.807) is 24.3 Å². The van der Waals surface area contributed by atoms with E-state index < -0.39 is 50.9 Å². The molecule has 7 nitrogen and oxygen atoms in total. The van der Waals surface area contributed by atoms with E-state index in [4.69, 9.17) is 20.6 Å². The molecule has 0 aliphatic rings. The fourth-order valence-corrected chi connectivity index (χ4v) is 34.0. The van der Waals surface area contributed by atoms with Crippen molar-refractivity contribution >= 4 is 61.3 Å². The van der Waals surface area contributed by atoms with Crippen molar-refractivity contribution in [3.8, 4) is 11.5 Å². The number of hydrogen-bond acceptors (Lipinski definition) is 7. The maximum absolute atomic E-state index is 9.65. The molecule has 2 N–H and O–H groups in total. The van der Waals surface area contributed by atoms with Gasteiger partial charge in [0.2, 0.25) is 16.6 Å². The Hall–Kier alpha value is -0.859. The van der Waals surface area contributed by atoms with Crippen molar-refractivity contribution in [1.29, 1.82) is 0 Å². The van der Waals surface area contributed by atoms with Gasteiger partial charge in [0, 0.05) is 0 Å². The Morgan fingerprint density at radius 1 is 0.378 bits per heavy atom. The van der Waals surface area contributed by atoms with Gasteiger partial charge in [0.25, 0.3) is 0 Å². The minimum Gasteiger partial charge on any atom is -0.508 e. The Morgan fingerprint density at radius 3 is 0.838 bits per heavy atom. The molecule has 0 aliphatic heterocycles. The average Bonchev–Trinajstić information content (AvgIpc) is 2.63. The molecule has 0 aromatic heterocycles. The molecule has 0 amide bonds. The third-order valence-electron chi connectivity index (χ3n) is 5.60. The SMILES string of the molecule is C[Si](C)(O[Si](C)(C)O[Si](C)(C)O[Si](C)(C)c1ccc(O)cc1)O[Si](C)(C)O[Si](C)(C)c1ccc(O)cc1. The molecule has 13 heteroatoms. The number of benzene rings is 2. The van der Waals surface area contributed by atoms with Crippen LogP contribution in [0.3, 0.4) is 0 Å².